The minimum atomic E-state index is -2.74. The first-order valence-electron chi connectivity index (χ1n) is 11.7. The van der Waals surface area contributed by atoms with E-state index in [4.69, 9.17) is 48.4 Å². The molecule has 0 aliphatic rings. The van der Waals surface area contributed by atoms with Crippen LogP contribution in [-0.2, 0) is 14.4 Å². The Kier molecular flexibility index (Phi) is 16.4. The number of carbonyl (C=O) groups excluding carboxylic acids is 1. The molecule has 0 spiro atoms. The van der Waals surface area contributed by atoms with Gasteiger partial charge in [-0.15, -0.1) is 0 Å². The molecule has 14 heteroatoms. The van der Waals surface area contributed by atoms with Crippen LogP contribution < -0.4 is 10.1 Å². The molecule has 2 amide bonds. The SMILES string of the molecule is CC(C)N(CCCOc1cc(Cl)cc(Cl)c1)C(=O)NCCCN(C)C.O=C(O)CC(O)(CC(=O)O)C(=O)O. The second-order valence-corrected chi connectivity index (χ2v) is 9.83. The van der Waals surface area contributed by atoms with E-state index in [9.17, 15) is 19.2 Å². The number of ether oxygens (including phenoxy) is 1. The van der Waals surface area contributed by atoms with Crippen molar-refractivity contribution < 1.29 is 44.3 Å². The van der Waals surface area contributed by atoms with Gasteiger partial charge in [-0.2, -0.15) is 0 Å². The van der Waals surface area contributed by atoms with Gasteiger partial charge >= 0.3 is 23.9 Å². The topological polar surface area (TPSA) is 177 Å². The molecule has 0 radical (unpaired) electrons. The van der Waals surface area contributed by atoms with E-state index >= 15 is 0 Å². The molecule has 1 aromatic carbocycles. The minimum Gasteiger partial charge on any atom is -0.493 e. The molecule has 12 nitrogen and oxygen atoms in total. The number of amides is 2. The lowest BCUT2D eigenvalue weighted by Gasteiger charge is -2.27. The van der Waals surface area contributed by atoms with Crippen LogP contribution in [0.2, 0.25) is 10.0 Å². The van der Waals surface area contributed by atoms with Crippen LogP contribution in [-0.4, -0.2) is 106 Å². The highest BCUT2D eigenvalue weighted by molar-refractivity contribution is 6.34. The lowest BCUT2D eigenvalue weighted by molar-refractivity contribution is -0.170. The maximum Gasteiger partial charge on any atom is 0.336 e. The van der Waals surface area contributed by atoms with Crippen LogP contribution in [0.4, 0.5) is 4.79 Å². The van der Waals surface area contributed by atoms with E-state index in [0.29, 0.717) is 35.5 Å². The third kappa shape index (κ3) is 15.5. The zero-order chi connectivity index (χ0) is 29.5. The average molecular weight is 582 g/mol. The standard InChI is InChI=1S/C18H29Cl2N3O2.C6H8O7/c1-14(2)23(18(24)21-7-5-8-22(3)4)9-6-10-25-17-12-15(19)11-16(20)13-17;7-3(8)1-6(13,5(11)12)2-4(9)10/h11-14H,5-10H2,1-4H3,(H,21,24);13H,1-2H2,(H,7,8)(H,9,10)(H,11,12). The molecule has 1 rings (SSSR count). The molecule has 5 N–H and O–H groups in total. The molecule has 0 saturated carbocycles. The molecule has 0 aliphatic carbocycles. The molecule has 38 heavy (non-hydrogen) atoms. The summed E-state index contributed by atoms with van der Waals surface area (Å²) >= 11 is 11.9. The van der Waals surface area contributed by atoms with Crippen molar-refractivity contribution in [2.24, 2.45) is 0 Å². The minimum absolute atomic E-state index is 0.0282. The van der Waals surface area contributed by atoms with Crippen LogP contribution >= 0.6 is 23.2 Å². The normalized spacial score (nSPS) is 11.0. The largest absolute Gasteiger partial charge is 0.493 e. The fraction of sp³-hybridized carbons (Fsp3) is 0.583. The number of carbonyl (C=O) groups is 4. The van der Waals surface area contributed by atoms with Gasteiger partial charge in [-0.05, 0) is 65.5 Å². The Morgan fingerprint density at radius 2 is 1.47 bits per heavy atom. The highest BCUT2D eigenvalue weighted by Crippen LogP contribution is 2.24. The van der Waals surface area contributed by atoms with Crippen molar-refractivity contribution in [1.82, 2.24) is 15.1 Å². The van der Waals surface area contributed by atoms with Crippen molar-refractivity contribution in [1.29, 1.82) is 0 Å². The van der Waals surface area contributed by atoms with Gasteiger partial charge in [-0.25, -0.2) is 9.59 Å². The number of aliphatic hydroxyl groups is 1. The van der Waals surface area contributed by atoms with E-state index < -0.39 is 36.4 Å². The van der Waals surface area contributed by atoms with Gasteiger partial charge in [-0.1, -0.05) is 23.2 Å². The van der Waals surface area contributed by atoms with Crippen molar-refractivity contribution in [2.75, 3.05) is 40.3 Å². The predicted octanol–water partition coefficient (Wildman–Crippen LogP) is 2.89. The van der Waals surface area contributed by atoms with E-state index in [-0.39, 0.29) is 12.1 Å². The van der Waals surface area contributed by atoms with Crippen LogP contribution in [0.1, 0.15) is 39.5 Å². The molecule has 0 atom stereocenters. The number of halogens is 2. The van der Waals surface area contributed by atoms with Gasteiger partial charge in [-0.3, -0.25) is 9.59 Å². The average Bonchev–Trinajstić information content (AvgIpc) is 2.74. The van der Waals surface area contributed by atoms with E-state index in [2.05, 4.69) is 10.2 Å². The second-order valence-electron chi connectivity index (χ2n) is 8.96. The monoisotopic (exact) mass is 581 g/mol. The highest BCUT2D eigenvalue weighted by atomic mass is 35.5. The smallest absolute Gasteiger partial charge is 0.336 e. The molecule has 0 heterocycles. The van der Waals surface area contributed by atoms with Crippen LogP contribution in [0.25, 0.3) is 0 Å². The predicted molar refractivity (Wildman–Crippen MR) is 142 cm³/mol. The maximum atomic E-state index is 12.3. The third-order valence-electron chi connectivity index (χ3n) is 4.88. The number of hydrogen-bond donors (Lipinski definition) is 5. The van der Waals surface area contributed by atoms with E-state index in [1.165, 1.54) is 0 Å². The Morgan fingerprint density at radius 3 is 1.89 bits per heavy atom. The summed E-state index contributed by atoms with van der Waals surface area (Å²) in [6, 6.07) is 5.22. The molecular formula is C24H37Cl2N3O9. The zero-order valence-corrected chi connectivity index (χ0v) is 23.5. The lowest BCUT2D eigenvalue weighted by Crippen LogP contribution is -2.45. The number of carboxylic acids is 3. The van der Waals surface area contributed by atoms with Gasteiger partial charge < -0.3 is 40.3 Å². The number of hydrogen-bond acceptors (Lipinski definition) is 7. The van der Waals surface area contributed by atoms with Gasteiger partial charge in [0.05, 0.1) is 19.4 Å². The number of urea groups is 1. The number of aliphatic carboxylic acids is 3. The molecule has 0 saturated heterocycles. The fourth-order valence-corrected chi connectivity index (χ4v) is 3.54. The van der Waals surface area contributed by atoms with E-state index in [1.54, 1.807) is 18.2 Å². The summed E-state index contributed by atoms with van der Waals surface area (Å²) < 4.78 is 5.67. The van der Waals surface area contributed by atoms with Gasteiger partial charge in [0, 0.05) is 29.2 Å². The van der Waals surface area contributed by atoms with Crippen LogP contribution in [0.5, 0.6) is 5.75 Å². The van der Waals surface area contributed by atoms with Crippen LogP contribution in [0.15, 0.2) is 18.2 Å². The lowest BCUT2D eigenvalue weighted by atomic mass is 9.96. The Labute approximate surface area is 232 Å². The van der Waals surface area contributed by atoms with Crippen molar-refractivity contribution in [2.45, 2.75) is 51.2 Å². The molecule has 0 unspecified atom stereocenters. The maximum absolute atomic E-state index is 12.3. The van der Waals surface area contributed by atoms with E-state index in [0.717, 1.165) is 19.4 Å². The van der Waals surface area contributed by atoms with Crippen LogP contribution in [0.3, 0.4) is 0 Å². The summed E-state index contributed by atoms with van der Waals surface area (Å²) in [6.45, 7) is 6.78. The van der Waals surface area contributed by atoms with Gasteiger partial charge in [0.25, 0.3) is 0 Å². The Balaban J connectivity index is 0.000000889. The van der Waals surface area contributed by atoms with Crippen molar-refractivity contribution in [3.63, 3.8) is 0 Å². The molecule has 0 bridgehead atoms. The number of nitrogens with zero attached hydrogens (tertiary/aromatic N) is 2. The Bertz CT molecular complexity index is 893. The van der Waals surface area contributed by atoms with Crippen LogP contribution in [0, 0.1) is 0 Å². The number of rotatable bonds is 15. The molecular weight excluding hydrogens is 545 g/mol. The summed E-state index contributed by atoms with van der Waals surface area (Å²) in [5.41, 5.74) is -2.74. The van der Waals surface area contributed by atoms with Crippen molar-refractivity contribution in [3.05, 3.63) is 28.2 Å². The molecule has 216 valence electrons. The number of carboxylic acid groups (broad SMARTS) is 3. The first-order valence-corrected chi connectivity index (χ1v) is 12.5. The molecule has 0 aliphatic heterocycles. The molecule has 0 fully saturated rings. The quantitative estimate of drug-likeness (QED) is 0.193. The first-order chi connectivity index (χ1) is 17.6. The van der Waals surface area contributed by atoms with E-state index in [1.807, 2.05) is 32.8 Å². The summed E-state index contributed by atoms with van der Waals surface area (Å²) in [5, 5.41) is 37.9. The van der Waals surface area contributed by atoms with Crippen molar-refractivity contribution >= 4 is 47.1 Å². The van der Waals surface area contributed by atoms with Gasteiger partial charge in [0.1, 0.15) is 5.75 Å². The Hall–Kier alpha value is -2.80. The van der Waals surface area contributed by atoms with Crippen molar-refractivity contribution in [3.8, 4) is 5.75 Å². The summed E-state index contributed by atoms with van der Waals surface area (Å²) in [6.07, 6.45) is -0.625. The van der Waals surface area contributed by atoms with Gasteiger partial charge in [0.2, 0.25) is 0 Å². The second kappa shape index (κ2) is 17.7. The number of nitrogens with one attached hydrogen (secondary N) is 1. The highest BCUT2D eigenvalue weighted by Gasteiger charge is 2.40. The summed E-state index contributed by atoms with van der Waals surface area (Å²) in [4.78, 5) is 46.7. The zero-order valence-electron chi connectivity index (χ0n) is 21.9. The molecule has 0 aromatic heterocycles. The number of benzene rings is 1. The summed E-state index contributed by atoms with van der Waals surface area (Å²) in [7, 11) is 4.05. The third-order valence-corrected chi connectivity index (χ3v) is 5.31. The Morgan fingerprint density at radius 1 is 0.947 bits per heavy atom. The molecule has 1 aromatic rings. The van der Waals surface area contributed by atoms with Gasteiger partial charge in [0.15, 0.2) is 5.60 Å². The fourth-order valence-electron chi connectivity index (χ4n) is 3.04. The first kappa shape index (κ1) is 35.2. The summed E-state index contributed by atoms with van der Waals surface area (Å²) in [5.74, 6) is -4.38.